The molecule has 1 amide bonds. The number of aromatic nitrogens is 2. The number of hydrogen-bond acceptors (Lipinski definition) is 4. The topological polar surface area (TPSA) is 68.0 Å². The highest BCUT2D eigenvalue weighted by molar-refractivity contribution is 6.30. The Labute approximate surface area is 161 Å². The maximum Gasteiger partial charge on any atom is 0.252 e. The Bertz CT molecular complexity index is 927. The molecule has 0 saturated heterocycles. The molecule has 0 fully saturated rings. The smallest absolute Gasteiger partial charge is 0.252 e. The van der Waals surface area contributed by atoms with Crippen molar-refractivity contribution in [2.24, 2.45) is 5.92 Å². The zero-order valence-electron chi connectivity index (χ0n) is 14.9. The molecule has 1 aromatic heterocycles. The van der Waals surface area contributed by atoms with Gasteiger partial charge in [0.05, 0.1) is 0 Å². The zero-order chi connectivity index (χ0) is 19.4. The third-order valence-corrected chi connectivity index (χ3v) is 4.65. The lowest BCUT2D eigenvalue weighted by Gasteiger charge is -2.20. The van der Waals surface area contributed by atoms with Crippen molar-refractivity contribution in [2.45, 2.75) is 26.3 Å². The molecule has 27 heavy (non-hydrogen) atoms. The fourth-order valence-corrected chi connectivity index (χ4v) is 2.74. The summed E-state index contributed by atoms with van der Waals surface area (Å²) in [5, 5.41) is 7.50. The first kappa shape index (κ1) is 19.0. The summed E-state index contributed by atoms with van der Waals surface area (Å²) in [5.41, 5.74) is 0.995. The lowest BCUT2D eigenvalue weighted by Crippen LogP contribution is -2.32. The van der Waals surface area contributed by atoms with Crippen LogP contribution in [0.15, 0.2) is 53.1 Å². The molecule has 2 atom stereocenters. The minimum atomic E-state index is -0.487. The van der Waals surface area contributed by atoms with Crippen molar-refractivity contribution >= 4 is 17.5 Å². The molecule has 3 rings (SSSR count). The van der Waals surface area contributed by atoms with Crippen molar-refractivity contribution < 1.29 is 13.7 Å². The van der Waals surface area contributed by atoms with Crippen LogP contribution in [0.2, 0.25) is 5.02 Å². The van der Waals surface area contributed by atoms with Crippen LogP contribution in [0.5, 0.6) is 0 Å². The number of hydrogen-bond donors (Lipinski definition) is 1. The number of rotatable bonds is 6. The number of carbonyl (C=O) groups excluding carboxylic acids is 1. The second-order valence-corrected chi connectivity index (χ2v) is 6.75. The molecule has 0 spiro atoms. The Balaban J connectivity index is 1.85. The molecule has 1 heterocycles. The number of carbonyl (C=O) groups is 1. The predicted molar refractivity (Wildman–Crippen MR) is 101 cm³/mol. The molecule has 7 heteroatoms. The van der Waals surface area contributed by atoms with Gasteiger partial charge in [0.2, 0.25) is 11.7 Å². The van der Waals surface area contributed by atoms with E-state index in [0.29, 0.717) is 16.7 Å². The summed E-state index contributed by atoms with van der Waals surface area (Å²) in [5.74, 6) is -0.105. The van der Waals surface area contributed by atoms with E-state index < -0.39 is 17.8 Å². The normalized spacial score (nSPS) is 13.2. The van der Waals surface area contributed by atoms with Gasteiger partial charge in [0, 0.05) is 16.1 Å². The van der Waals surface area contributed by atoms with Crippen LogP contribution in [0.3, 0.4) is 0 Å². The van der Waals surface area contributed by atoms with E-state index >= 15 is 0 Å². The maximum atomic E-state index is 13.4. The number of nitrogens with zero attached hydrogens (tertiary/aromatic N) is 2. The molecule has 3 aromatic rings. The van der Waals surface area contributed by atoms with Crippen LogP contribution in [-0.2, 0) is 0 Å². The van der Waals surface area contributed by atoms with E-state index in [0.717, 1.165) is 12.0 Å². The lowest BCUT2D eigenvalue weighted by molar-refractivity contribution is 0.0909. The summed E-state index contributed by atoms with van der Waals surface area (Å²) in [6.45, 7) is 3.98. The standard InChI is InChI=1S/C20H19ClFN3O2/c1-3-12(2)17(23-19(26)14-5-4-6-16(22)11-14)20-24-18(25-27-20)13-7-9-15(21)10-8-13/h4-12,17H,3H2,1-2H3,(H,23,26)/t12-,17+/m0/s1. The van der Waals surface area contributed by atoms with E-state index in [1.807, 2.05) is 13.8 Å². The third kappa shape index (κ3) is 4.52. The van der Waals surface area contributed by atoms with Crippen molar-refractivity contribution in [2.75, 3.05) is 0 Å². The molecule has 0 radical (unpaired) electrons. The monoisotopic (exact) mass is 387 g/mol. The Morgan fingerprint density at radius 3 is 2.67 bits per heavy atom. The van der Waals surface area contributed by atoms with E-state index in [2.05, 4.69) is 15.5 Å². The van der Waals surface area contributed by atoms with Gasteiger partial charge in [-0.3, -0.25) is 4.79 Å². The Kier molecular flexibility index (Phi) is 5.86. The fourth-order valence-electron chi connectivity index (χ4n) is 2.62. The van der Waals surface area contributed by atoms with Crippen molar-refractivity contribution in [3.8, 4) is 11.4 Å². The largest absolute Gasteiger partial charge is 0.340 e. The molecular formula is C20H19ClFN3O2. The van der Waals surface area contributed by atoms with Gasteiger partial charge in [0.1, 0.15) is 11.9 Å². The van der Waals surface area contributed by atoms with Gasteiger partial charge in [0.15, 0.2) is 0 Å². The highest BCUT2D eigenvalue weighted by Crippen LogP contribution is 2.26. The second-order valence-electron chi connectivity index (χ2n) is 6.31. The van der Waals surface area contributed by atoms with Gasteiger partial charge in [-0.15, -0.1) is 0 Å². The van der Waals surface area contributed by atoms with E-state index in [1.165, 1.54) is 18.2 Å². The van der Waals surface area contributed by atoms with Gasteiger partial charge >= 0.3 is 0 Å². The van der Waals surface area contributed by atoms with Gasteiger partial charge in [-0.25, -0.2) is 4.39 Å². The van der Waals surface area contributed by atoms with Crippen LogP contribution < -0.4 is 5.32 Å². The fraction of sp³-hybridized carbons (Fsp3) is 0.250. The zero-order valence-corrected chi connectivity index (χ0v) is 15.7. The number of benzene rings is 2. The first-order valence-corrected chi connectivity index (χ1v) is 9.01. The van der Waals surface area contributed by atoms with Gasteiger partial charge < -0.3 is 9.84 Å². The van der Waals surface area contributed by atoms with Crippen LogP contribution in [0.1, 0.15) is 42.6 Å². The third-order valence-electron chi connectivity index (χ3n) is 4.40. The first-order chi connectivity index (χ1) is 13.0. The Hall–Kier alpha value is -2.73. The van der Waals surface area contributed by atoms with E-state index in [1.54, 1.807) is 30.3 Å². The van der Waals surface area contributed by atoms with Gasteiger partial charge in [0.25, 0.3) is 5.91 Å². The average molecular weight is 388 g/mol. The van der Waals surface area contributed by atoms with Crippen LogP contribution >= 0.6 is 11.6 Å². The quantitative estimate of drug-likeness (QED) is 0.642. The minimum Gasteiger partial charge on any atom is -0.340 e. The molecule has 0 aliphatic rings. The SMILES string of the molecule is CC[C@H](C)[C@@H](NC(=O)c1cccc(F)c1)c1nc(-c2ccc(Cl)cc2)no1. The number of amides is 1. The van der Waals surface area contributed by atoms with Crippen molar-refractivity contribution in [3.63, 3.8) is 0 Å². The van der Waals surface area contributed by atoms with E-state index in [4.69, 9.17) is 16.1 Å². The van der Waals surface area contributed by atoms with E-state index in [9.17, 15) is 9.18 Å². The highest BCUT2D eigenvalue weighted by atomic mass is 35.5. The minimum absolute atomic E-state index is 0.0426. The summed E-state index contributed by atoms with van der Waals surface area (Å²) < 4.78 is 18.8. The first-order valence-electron chi connectivity index (χ1n) is 8.64. The molecular weight excluding hydrogens is 369 g/mol. The summed E-state index contributed by atoms with van der Waals surface area (Å²) >= 11 is 5.90. The van der Waals surface area contributed by atoms with Crippen molar-refractivity contribution in [3.05, 3.63) is 70.8 Å². The summed E-state index contributed by atoms with van der Waals surface area (Å²) in [6.07, 6.45) is 0.784. The van der Waals surface area contributed by atoms with Gasteiger partial charge in [-0.1, -0.05) is 43.1 Å². The molecule has 2 aromatic carbocycles. The highest BCUT2D eigenvalue weighted by Gasteiger charge is 2.27. The molecule has 0 aliphatic heterocycles. The maximum absolute atomic E-state index is 13.4. The van der Waals surface area contributed by atoms with Crippen molar-refractivity contribution in [1.29, 1.82) is 0 Å². The van der Waals surface area contributed by atoms with E-state index in [-0.39, 0.29) is 11.5 Å². The average Bonchev–Trinajstić information content (AvgIpc) is 3.15. The summed E-state index contributed by atoms with van der Waals surface area (Å²) in [4.78, 5) is 17.0. The van der Waals surface area contributed by atoms with Crippen LogP contribution in [-0.4, -0.2) is 16.0 Å². The van der Waals surface area contributed by atoms with Gasteiger partial charge in [-0.05, 0) is 48.4 Å². The molecule has 140 valence electrons. The predicted octanol–water partition coefficient (Wildman–Crippen LogP) is 5.05. The van der Waals surface area contributed by atoms with Crippen LogP contribution in [0.25, 0.3) is 11.4 Å². The molecule has 1 N–H and O–H groups in total. The van der Waals surface area contributed by atoms with Gasteiger partial charge in [-0.2, -0.15) is 4.98 Å². The molecule has 0 aliphatic carbocycles. The molecule has 0 bridgehead atoms. The van der Waals surface area contributed by atoms with Crippen LogP contribution in [0.4, 0.5) is 4.39 Å². The lowest BCUT2D eigenvalue weighted by atomic mass is 9.98. The second kappa shape index (κ2) is 8.31. The Morgan fingerprint density at radius 2 is 2.00 bits per heavy atom. The number of halogens is 2. The van der Waals surface area contributed by atoms with Crippen LogP contribution in [0, 0.1) is 11.7 Å². The molecule has 5 nitrogen and oxygen atoms in total. The molecule has 0 saturated carbocycles. The summed E-state index contributed by atoms with van der Waals surface area (Å²) in [6, 6.07) is 12.1. The molecule has 0 unspecified atom stereocenters. The Morgan fingerprint density at radius 1 is 1.26 bits per heavy atom. The summed E-state index contributed by atoms with van der Waals surface area (Å²) in [7, 11) is 0. The number of nitrogens with one attached hydrogen (secondary N) is 1. The van der Waals surface area contributed by atoms with Crippen molar-refractivity contribution in [1.82, 2.24) is 15.5 Å².